The lowest BCUT2D eigenvalue weighted by Crippen LogP contribution is -2.06. The van der Waals surface area contributed by atoms with E-state index in [0.29, 0.717) is 11.1 Å². The number of aromatic hydroxyl groups is 1. The molecule has 0 saturated carbocycles. The minimum atomic E-state index is -0.417. The molecule has 0 aromatic heterocycles. The minimum absolute atomic E-state index is 0.122. The van der Waals surface area contributed by atoms with Gasteiger partial charge in [0.1, 0.15) is 11.6 Å². The van der Waals surface area contributed by atoms with Crippen LogP contribution in [0.2, 0.25) is 0 Å². The van der Waals surface area contributed by atoms with Gasteiger partial charge in [0.15, 0.2) is 5.78 Å². The van der Waals surface area contributed by atoms with E-state index in [1.807, 2.05) is 0 Å². The van der Waals surface area contributed by atoms with E-state index >= 15 is 0 Å². The van der Waals surface area contributed by atoms with Gasteiger partial charge in [-0.15, -0.1) is 0 Å². The number of benzene rings is 2. The van der Waals surface area contributed by atoms with Crippen molar-refractivity contribution >= 4 is 5.78 Å². The van der Waals surface area contributed by atoms with E-state index in [4.69, 9.17) is 0 Å². The molecule has 2 aromatic rings. The third-order valence-corrected chi connectivity index (χ3v) is 2.78. The number of hydrogen-bond donors (Lipinski definition) is 1. The van der Waals surface area contributed by atoms with Crippen molar-refractivity contribution in [2.24, 2.45) is 0 Å². The van der Waals surface area contributed by atoms with Gasteiger partial charge in [-0.25, -0.2) is 4.39 Å². The highest BCUT2D eigenvalue weighted by Crippen LogP contribution is 2.16. The number of rotatable bonds is 3. The summed E-state index contributed by atoms with van der Waals surface area (Å²) in [5.74, 6) is -0.450. The fourth-order valence-corrected chi connectivity index (χ4v) is 1.84. The van der Waals surface area contributed by atoms with Crippen molar-refractivity contribution in [1.29, 1.82) is 0 Å². The first-order valence-corrected chi connectivity index (χ1v) is 5.63. The second kappa shape index (κ2) is 5.00. The maximum absolute atomic E-state index is 13.1. The van der Waals surface area contributed by atoms with Crippen LogP contribution in [0.4, 0.5) is 4.39 Å². The van der Waals surface area contributed by atoms with Crippen molar-refractivity contribution < 1.29 is 14.3 Å². The summed E-state index contributed by atoms with van der Waals surface area (Å²) in [6, 6.07) is 10.7. The lowest BCUT2D eigenvalue weighted by Gasteiger charge is -2.05. The molecule has 0 fully saturated rings. The Labute approximate surface area is 105 Å². The Morgan fingerprint density at radius 2 is 2.00 bits per heavy atom. The standard InChI is InChI=1S/C15H13FO2/c1-10-5-6-12(16)9-14(10)15(18)8-11-3-2-4-13(17)7-11/h2-7,9,17H,8H2,1H3. The van der Waals surface area contributed by atoms with E-state index in [1.165, 1.54) is 18.2 Å². The smallest absolute Gasteiger partial charge is 0.167 e. The Morgan fingerprint density at radius 3 is 2.72 bits per heavy atom. The van der Waals surface area contributed by atoms with E-state index in [0.717, 1.165) is 5.56 Å². The van der Waals surface area contributed by atoms with Crippen molar-refractivity contribution in [2.45, 2.75) is 13.3 Å². The van der Waals surface area contributed by atoms with Crippen molar-refractivity contribution in [3.05, 3.63) is 65.0 Å². The fraction of sp³-hybridized carbons (Fsp3) is 0.133. The van der Waals surface area contributed by atoms with Gasteiger partial charge < -0.3 is 5.11 Å². The van der Waals surface area contributed by atoms with Crippen LogP contribution in [0, 0.1) is 12.7 Å². The van der Waals surface area contributed by atoms with Crippen LogP contribution in [-0.2, 0) is 6.42 Å². The van der Waals surface area contributed by atoms with Crippen LogP contribution in [0.3, 0.4) is 0 Å². The van der Waals surface area contributed by atoms with E-state index in [1.54, 1.807) is 31.2 Å². The molecule has 3 heteroatoms. The number of carbonyl (C=O) groups excluding carboxylic acids is 1. The summed E-state index contributed by atoms with van der Waals surface area (Å²) in [5, 5.41) is 9.32. The zero-order valence-electron chi connectivity index (χ0n) is 9.98. The average Bonchev–Trinajstić information content (AvgIpc) is 2.32. The number of aryl methyl sites for hydroxylation is 1. The zero-order chi connectivity index (χ0) is 13.1. The Balaban J connectivity index is 2.24. The summed E-state index contributed by atoms with van der Waals surface area (Å²) < 4.78 is 13.1. The number of carbonyl (C=O) groups is 1. The normalized spacial score (nSPS) is 10.3. The van der Waals surface area contributed by atoms with Gasteiger partial charge in [-0.2, -0.15) is 0 Å². The highest BCUT2D eigenvalue weighted by molar-refractivity contribution is 5.98. The molecule has 0 heterocycles. The lowest BCUT2D eigenvalue weighted by atomic mass is 9.99. The van der Waals surface area contributed by atoms with Crippen molar-refractivity contribution in [2.75, 3.05) is 0 Å². The van der Waals surface area contributed by atoms with Gasteiger partial charge >= 0.3 is 0 Å². The molecule has 0 unspecified atom stereocenters. The first kappa shape index (κ1) is 12.3. The lowest BCUT2D eigenvalue weighted by molar-refractivity contribution is 0.0992. The molecule has 0 atom stereocenters. The van der Waals surface area contributed by atoms with Crippen molar-refractivity contribution in [3.8, 4) is 5.75 Å². The molecule has 2 nitrogen and oxygen atoms in total. The second-order valence-electron chi connectivity index (χ2n) is 4.23. The Kier molecular flexibility index (Phi) is 3.42. The zero-order valence-corrected chi connectivity index (χ0v) is 9.98. The number of ketones is 1. The van der Waals surface area contributed by atoms with E-state index in [-0.39, 0.29) is 18.0 Å². The Hall–Kier alpha value is -2.16. The summed E-state index contributed by atoms with van der Waals surface area (Å²) in [6.07, 6.45) is 0.151. The molecular formula is C15H13FO2. The molecule has 92 valence electrons. The largest absolute Gasteiger partial charge is 0.508 e. The molecule has 0 amide bonds. The quantitative estimate of drug-likeness (QED) is 0.841. The highest BCUT2D eigenvalue weighted by Gasteiger charge is 2.11. The number of phenolic OH excluding ortho intramolecular Hbond substituents is 1. The van der Waals surface area contributed by atoms with Crippen LogP contribution < -0.4 is 0 Å². The molecule has 0 saturated heterocycles. The second-order valence-corrected chi connectivity index (χ2v) is 4.23. The van der Waals surface area contributed by atoms with Crippen molar-refractivity contribution in [3.63, 3.8) is 0 Å². The molecule has 0 radical (unpaired) electrons. The van der Waals surface area contributed by atoms with Crippen LogP contribution in [0.15, 0.2) is 42.5 Å². The van der Waals surface area contributed by atoms with E-state index in [2.05, 4.69) is 0 Å². The van der Waals surface area contributed by atoms with Gasteiger partial charge in [-0.1, -0.05) is 18.2 Å². The predicted octanol–water partition coefficient (Wildman–Crippen LogP) is 3.27. The van der Waals surface area contributed by atoms with E-state index in [9.17, 15) is 14.3 Å². The van der Waals surface area contributed by atoms with Gasteiger partial charge in [-0.05, 0) is 42.3 Å². The molecule has 2 rings (SSSR count). The number of hydrogen-bond acceptors (Lipinski definition) is 2. The maximum atomic E-state index is 13.1. The Bertz CT molecular complexity index is 591. The van der Waals surface area contributed by atoms with Gasteiger partial charge in [0.2, 0.25) is 0 Å². The first-order chi connectivity index (χ1) is 8.56. The predicted molar refractivity (Wildman–Crippen MR) is 67.3 cm³/mol. The van der Waals surface area contributed by atoms with Gasteiger partial charge in [0, 0.05) is 12.0 Å². The topological polar surface area (TPSA) is 37.3 Å². The highest BCUT2D eigenvalue weighted by atomic mass is 19.1. The number of halogens is 1. The first-order valence-electron chi connectivity index (χ1n) is 5.63. The molecule has 0 aliphatic carbocycles. The monoisotopic (exact) mass is 244 g/mol. The molecular weight excluding hydrogens is 231 g/mol. The van der Waals surface area contributed by atoms with Crippen LogP contribution in [0.5, 0.6) is 5.75 Å². The van der Waals surface area contributed by atoms with Crippen LogP contribution in [0.1, 0.15) is 21.5 Å². The van der Waals surface area contributed by atoms with Gasteiger partial charge in [0.05, 0.1) is 0 Å². The molecule has 0 aliphatic rings. The van der Waals surface area contributed by atoms with Crippen molar-refractivity contribution in [1.82, 2.24) is 0 Å². The maximum Gasteiger partial charge on any atom is 0.167 e. The number of phenols is 1. The van der Waals surface area contributed by atoms with Crippen LogP contribution in [0.25, 0.3) is 0 Å². The molecule has 1 N–H and O–H groups in total. The van der Waals surface area contributed by atoms with Crippen LogP contribution in [-0.4, -0.2) is 10.9 Å². The SMILES string of the molecule is Cc1ccc(F)cc1C(=O)Cc1cccc(O)c1. The van der Waals surface area contributed by atoms with E-state index < -0.39 is 5.82 Å². The summed E-state index contributed by atoms with van der Waals surface area (Å²) in [7, 11) is 0. The summed E-state index contributed by atoms with van der Waals surface area (Å²) in [5.41, 5.74) is 1.85. The molecule has 2 aromatic carbocycles. The average molecular weight is 244 g/mol. The molecule has 0 spiro atoms. The summed E-state index contributed by atoms with van der Waals surface area (Å²) in [4.78, 5) is 12.1. The number of Topliss-reactive ketones (excluding diaryl/α,β-unsaturated/α-hetero) is 1. The van der Waals surface area contributed by atoms with Gasteiger partial charge in [-0.3, -0.25) is 4.79 Å². The molecule has 18 heavy (non-hydrogen) atoms. The summed E-state index contributed by atoms with van der Waals surface area (Å²) >= 11 is 0. The molecule has 0 aliphatic heterocycles. The summed E-state index contributed by atoms with van der Waals surface area (Å²) in [6.45, 7) is 1.77. The fourth-order valence-electron chi connectivity index (χ4n) is 1.84. The Morgan fingerprint density at radius 1 is 1.22 bits per heavy atom. The minimum Gasteiger partial charge on any atom is -0.508 e. The van der Waals surface area contributed by atoms with Crippen LogP contribution >= 0.6 is 0 Å². The molecule has 0 bridgehead atoms. The third kappa shape index (κ3) is 2.74. The van der Waals surface area contributed by atoms with Gasteiger partial charge in [0.25, 0.3) is 0 Å². The third-order valence-electron chi connectivity index (χ3n) is 2.78.